The molecule has 2 aromatic carbocycles. The molecule has 0 fully saturated rings. The number of hydrogen-bond acceptors (Lipinski definition) is 7. The summed E-state index contributed by atoms with van der Waals surface area (Å²) < 4.78 is 12.3. The van der Waals surface area contributed by atoms with Gasteiger partial charge in [-0.3, -0.25) is 10.1 Å². The van der Waals surface area contributed by atoms with Gasteiger partial charge in [0, 0.05) is 0 Å². The number of carbonyl (C=O) groups excluding carboxylic acids is 1. The van der Waals surface area contributed by atoms with Gasteiger partial charge in [-0.2, -0.15) is 4.68 Å². The lowest BCUT2D eigenvalue weighted by atomic mass is 10.2. The van der Waals surface area contributed by atoms with E-state index in [0.29, 0.717) is 0 Å². The van der Waals surface area contributed by atoms with Gasteiger partial charge in [0.05, 0.1) is 22.3 Å². The van der Waals surface area contributed by atoms with E-state index < -0.39 is 35.5 Å². The zero-order valence-corrected chi connectivity index (χ0v) is 20.1. The van der Waals surface area contributed by atoms with Crippen LogP contribution in [0.3, 0.4) is 0 Å². The molecular weight excluding hydrogens is 487 g/mol. The molecule has 0 atom stereocenters. The highest BCUT2D eigenvalue weighted by Crippen LogP contribution is 2.33. The number of carbonyl (C=O) groups is 1. The summed E-state index contributed by atoms with van der Waals surface area (Å²) in [4.78, 5) is 38.3. The molecule has 0 unspecified atom stereocenters. The van der Waals surface area contributed by atoms with Crippen molar-refractivity contribution in [1.82, 2.24) is 14.3 Å². The molecule has 10 nitrogen and oxygen atoms in total. The van der Waals surface area contributed by atoms with Gasteiger partial charge < -0.3 is 14.6 Å². The van der Waals surface area contributed by atoms with Crippen LogP contribution in [0.15, 0.2) is 52.1 Å². The number of nitrogens with one attached hydrogen (secondary N) is 1. The highest BCUT2D eigenvalue weighted by atomic mass is 35.5. The predicted molar refractivity (Wildman–Crippen MR) is 127 cm³/mol. The number of amides is 1. The minimum atomic E-state index is -0.944. The lowest BCUT2D eigenvalue weighted by Gasteiger charge is -2.19. The Morgan fingerprint density at radius 2 is 1.74 bits per heavy atom. The van der Waals surface area contributed by atoms with Crippen LogP contribution in [0.1, 0.15) is 26.3 Å². The number of halogens is 2. The number of anilines is 1. The molecule has 0 radical (unpaired) electrons. The fourth-order valence-corrected chi connectivity index (χ4v) is 3.25. The van der Waals surface area contributed by atoms with Crippen molar-refractivity contribution in [3.63, 3.8) is 0 Å². The first-order valence-corrected chi connectivity index (χ1v) is 10.8. The highest BCUT2D eigenvalue weighted by Gasteiger charge is 2.21. The van der Waals surface area contributed by atoms with Crippen molar-refractivity contribution in [2.45, 2.75) is 39.7 Å². The molecule has 0 aliphatic rings. The number of ether oxygens (including phenoxy) is 2. The molecule has 12 heteroatoms. The molecule has 180 valence electrons. The van der Waals surface area contributed by atoms with Gasteiger partial charge in [0.25, 0.3) is 0 Å². The van der Waals surface area contributed by atoms with E-state index in [-0.39, 0.29) is 28.1 Å². The summed E-state index contributed by atoms with van der Waals surface area (Å²) in [5, 5.41) is 15.8. The first kappa shape index (κ1) is 25.3. The highest BCUT2D eigenvalue weighted by molar-refractivity contribution is 6.37. The van der Waals surface area contributed by atoms with E-state index in [1.807, 2.05) is 30.3 Å². The van der Waals surface area contributed by atoms with Crippen LogP contribution >= 0.6 is 23.2 Å². The monoisotopic (exact) mass is 508 g/mol. The van der Waals surface area contributed by atoms with Gasteiger partial charge in [0.1, 0.15) is 12.3 Å². The molecule has 34 heavy (non-hydrogen) atoms. The second-order valence-electron chi connectivity index (χ2n) is 8.12. The average Bonchev–Trinajstić information content (AvgIpc) is 2.75. The molecule has 0 bridgehead atoms. The lowest BCUT2D eigenvalue weighted by Crippen LogP contribution is -2.43. The Kier molecular flexibility index (Phi) is 7.65. The second kappa shape index (κ2) is 10.3. The van der Waals surface area contributed by atoms with E-state index in [4.69, 9.17) is 32.7 Å². The van der Waals surface area contributed by atoms with Gasteiger partial charge in [0.15, 0.2) is 5.75 Å². The van der Waals surface area contributed by atoms with Gasteiger partial charge in [0.2, 0.25) is 5.82 Å². The number of phenolic OH excluding ortho intramolecular Hbond substituents is 1. The molecule has 1 heterocycles. The van der Waals surface area contributed by atoms with Crippen molar-refractivity contribution >= 4 is 35.1 Å². The summed E-state index contributed by atoms with van der Waals surface area (Å²) in [7, 11) is 0. The maximum Gasteiger partial charge on any atom is 0.413 e. The van der Waals surface area contributed by atoms with Crippen LogP contribution < -0.4 is 16.6 Å². The summed E-state index contributed by atoms with van der Waals surface area (Å²) in [5.74, 6) is -0.871. The molecule has 3 aromatic rings. The Hall–Kier alpha value is -3.34. The molecule has 0 saturated heterocycles. The predicted octanol–water partition coefficient (Wildman–Crippen LogP) is 3.93. The minimum Gasteiger partial charge on any atom is -0.505 e. The summed E-state index contributed by atoms with van der Waals surface area (Å²) >= 11 is 12.0. The van der Waals surface area contributed by atoms with Gasteiger partial charge in [-0.25, -0.2) is 14.2 Å². The smallest absolute Gasteiger partial charge is 0.413 e. The summed E-state index contributed by atoms with van der Waals surface area (Å²) in [6.07, 6.45) is -0.944. The first-order valence-electron chi connectivity index (χ1n) is 10.0. The number of nitrogens with zero attached hydrogens (tertiary/aromatic N) is 3. The molecule has 1 aromatic heterocycles. The zero-order valence-electron chi connectivity index (χ0n) is 18.5. The molecule has 3 rings (SSSR count). The molecule has 0 saturated carbocycles. The minimum absolute atomic E-state index is 0.0434. The third-order valence-corrected chi connectivity index (χ3v) is 4.83. The first-order chi connectivity index (χ1) is 16.0. The van der Waals surface area contributed by atoms with Crippen molar-refractivity contribution < 1.29 is 19.4 Å². The Balaban J connectivity index is 2.04. The van der Waals surface area contributed by atoms with E-state index in [1.54, 1.807) is 20.8 Å². The van der Waals surface area contributed by atoms with Crippen molar-refractivity contribution in [3.05, 3.63) is 78.9 Å². The standard InChI is InChI=1S/C22H22Cl2N4O6/c1-22(2,3)34-20(31)25-18-19(30)27(12-33-11-13-7-5-4-6-8-13)21(32)28(26-18)14-9-15(23)17(29)16(24)10-14/h4-10,29H,11-12H2,1-3H3,(H,25,26,31). The Morgan fingerprint density at radius 3 is 2.32 bits per heavy atom. The summed E-state index contributed by atoms with van der Waals surface area (Å²) in [5.41, 5.74) is -1.76. The summed E-state index contributed by atoms with van der Waals surface area (Å²) in [6, 6.07) is 11.6. The number of phenols is 1. The number of aromatic hydroxyl groups is 1. The third kappa shape index (κ3) is 6.16. The van der Waals surface area contributed by atoms with E-state index >= 15 is 0 Å². The van der Waals surface area contributed by atoms with Crippen molar-refractivity contribution in [2.75, 3.05) is 5.32 Å². The van der Waals surface area contributed by atoms with Crippen molar-refractivity contribution in [1.29, 1.82) is 0 Å². The normalized spacial score (nSPS) is 11.3. The Labute approximate surface area is 204 Å². The van der Waals surface area contributed by atoms with Crippen molar-refractivity contribution in [2.24, 2.45) is 0 Å². The molecule has 2 N–H and O–H groups in total. The number of rotatable bonds is 6. The third-order valence-electron chi connectivity index (χ3n) is 4.26. The van der Waals surface area contributed by atoms with E-state index in [0.717, 1.165) is 14.8 Å². The number of benzene rings is 2. The van der Waals surface area contributed by atoms with Gasteiger partial charge in [-0.15, -0.1) is 5.10 Å². The van der Waals surface area contributed by atoms with Crippen LogP contribution in [0.25, 0.3) is 5.69 Å². The lowest BCUT2D eigenvalue weighted by molar-refractivity contribution is 0.0573. The Bertz CT molecular complexity index is 1290. The van der Waals surface area contributed by atoms with E-state index in [2.05, 4.69) is 10.4 Å². The molecule has 1 amide bonds. The zero-order chi connectivity index (χ0) is 25.0. The maximum absolute atomic E-state index is 13.1. The van der Waals surface area contributed by atoms with Crippen LogP contribution in [-0.2, 0) is 22.8 Å². The molecule has 0 spiro atoms. The van der Waals surface area contributed by atoms with E-state index in [9.17, 15) is 19.5 Å². The van der Waals surface area contributed by atoms with Crippen LogP contribution in [0.2, 0.25) is 10.0 Å². The molecular formula is C22H22Cl2N4O6. The van der Waals surface area contributed by atoms with Crippen molar-refractivity contribution in [3.8, 4) is 11.4 Å². The van der Waals surface area contributed by atoms with Gasteiger partial charge in [-0.1, -0.05) is 53.5 Å². The topological polar surface area (TPSA) is 125 Å². The fraction of sp³-hybridized carbons (Fsp3) is 0.273. The van der Waals surface area contributed by atoms with Gasteiger partial charge >= 0.3 is 17.3 Å². The van der Waals surface area contributed by atoms with Gasteiger partial charge in [-0.05, 0) is 38.5 Å². The van der Waals surface area contributed by atoms with Crippen LogP contribution in [0, 0.1) is 0 Å². The maximum atomic E-state index is 13.1. The largest absolute Gasteiger partial charge is 0.505 e. The van der Waals surface area contributed by atoms with Crippen LogP contribution in [0.4, 0.5) is 10.6 Å². The second-order valence-corrected chi connectivity index (χ2v) is 8.94. The number of hydrogen-bond donors (Lipinski definition) is 2. The average molecular weight is 509 g/mol. The molecule has 0 aliphatic heterocycles. The quantitative estimate of drug-likeness (QED) is 0.516. The van der Waals surface area contributed by atoms with E-state index in [1.165, 1.54) is 12.1 Å². The summed E-state index contributed by atoms with van der Waals surface area (Å²) in [6.45, 7) is 4.64. The van der Waals surface area contributed by atoms with Crippen LogP contribution in [-0.4, -0.2) is 31.1 Å². The molecule has 0 aliphatic carbocycles. The van der Waals surface area contributed by atoms with Crippen LogP contribution in [0.5, 0.6) is 5.75 Å². The Morgan fingerprint density at radius 1 is 1.12 bits per heavy atom. The number of aromatic nitrogens is 3. The SMILES string of the molecule is CC(C)(C)OC(=O)Nc1nn(-c2cc(Cl)c(O)c(Cl)c2)c(=O)n(COCc2ccccc2)c1=O. The fourth-order valence-electron chi connectivity index (χ4n) is 2.78.